The maximum Gasteiger partial charge on any atom is 0.407 e. The number of carboxylic acids is 1. The van der Waals surface area contributed by atoms with Gasteiger partial charge in [0.05, 0.1) is 6.54 Å². The summed E-state index contributed by atoms with van der Waals surface area (Å²) >= 11 is 0. The molecule has 2 aromatic carbocycles. The molecule has 0 aliphatic heterocycles. The van der Waals surface area contributed by atoms with Crippen LogP contribution in [0.25, 0.3) is 11.1 Å². The monoisotopic (exact) mass is 440 g/mol. The van der Waals surface area contributed by atoms with Gasteiger partial charge in [-0.3, -0.25) is 4.79 Å². The summed E-state index contributed by atoms with van der Waals surface area (Å²) in [5, 5.41) is 23.7. The number of nitrogens with one attached hydrogen (secondary N) is 2. The van der Waals surface area contributed by atoms with Gasteiger partial charge < -0.3 is 25.6 Å². The molecule has 170 valence electrons. The Bertz CT molecular complexity index is 972. The van der Waals surface area contributed by atoms with Crippen molar-refractivity contribution < 1.29 is 29.3 Å². The van der Waals surface area contributed by atoms with Crippen LogP contribution in [0.1, 0.15) is 37.8 Å². The molecule has 8 heteroatoms. The van der Waals surface area contributed by atoms with E-state index < -0.39 is 36.2 Å². The van der Waals surface area contributed by atoms with E-state index in [2.05, 4.69) is 10.6 Å². The molecule has 0 fully saturated rings. The fourth-order valence-electron chi connectivity index (χ4n) is 3.75. The summed E-state index contributed by atoms with van der Waals surface area (Å²) in [5.74, 6) is -2.45. The van der Waals surface area contributed by atoms with E-state index in [1.54, 1.807) is 13.8 Å². The van der Waals surface area contributed by atoms with E-state index in [9.17, 15) is 19.5 Å². The Morgan fingerprint density at radius 2 is 1.56 bits per heavy atom. The SMILES string of the molecule is CC(C)[C@@H](NC(=O)OCC1c2ccccc2-c2ccccc21)C(=O)NCC(C)(O)C(=O)O. The Balaban J connectivity index is 1.63. The minimum atomic E-state index is -2.11. The van der Waals surface area contributed by atoms with Crippen LogP contribution in [0, 0.1) is 5.92 Å². The molecule has 2 atom stereocenters. The maximum atomic E-state index is 12.5. The minimum absolute atomic E-state index is 0.106. The Morgan fingerprint density at radius 3 is 2.06 bits per heavy atom. The fraction of sp³-hybridized carbons (Fsp3) is 0.375. The average molecular weight is 440 g/mol. The third-order valence-corrected chi connectivity index (χ3v) is 5.63. The first-order valence-corrected chi connectivity index (χ1v) is 10.5. The second kappa shape index (κ2) is 9.40. The van der Waals surface area contributed by atoms with Crippen LogP contribution in [0.5, 0.6) is 0 Å². The fourth-order valence-corrected chi connectivity index (χ4v) is 3.75. The number of carbonyl (C=O) groups excluding carboxylic acids is 2. The van der Waals surface area contributed by atoms with Crippen molar-refractivity contribution in [2.24, 2.45) is 5.92 Å². The van der Waals surface area contributed by atoms with Crippen molar-refractivity contribution in [3.05, 3.63) is 59.7 Å². The lowest BCUT2D eigenvalue weighted by Crippen LogP contribution is -2.54. The zero-order valence-corrected chi connectivity index (χ0v) is 18.3. The highest BCUT2D eigenvalue weighted by Gasteiger charge is 2.33. The van der Waals surface area contributed by atoms with Gasteiger partial charge in [-0.15, -0.1) is 0 Å². The number of ether oxygens (including phenoxy) is 1. The number of carboxylic acid groups (broad SMARTS) is 1. The van der Waals surface area contributed by atoms with E-state index >= 15 is 0 Å². The standard InChI is InChI=1S/C24H28N2O6/c1-14(2)20(21(27)25-13-24(3,31)22(28)29)26-23(30)32-12-19-17-10-6-4-8-15(17)16-9-5-7-11-18(16)19/h4-11,14,19-20,31H,12-13H2,1-3H3,(H,25,27)(H,26,30)(H,28,29)/t20-,24?/m1/s1. The van der Waals surface area contributed by atoms with E-state index in [0.717, 1.165) is 29.2 Å². The third kappa shape index (κ3) is 4.91. The molecule has 2 amide bonds. The van der Waals surface area contributed by atoms with Crippen LogP contribution in [-0.2, 0) is 14.3 Å². The van der Waals surface area contributed by atoms with Gasteiger partial charge in [-0.05, 0) is 35.1 Å². The number of hydrogen-bond donors (Lipinski definition) is 4. The van der Waals surface area contributed by atoms with Crippen molar-refractivity contribution in [2.75, 3.05) is 13.2 Å². The zero-order valence-electron chi connectivity index (χ0n) is 18.3. The highest BCUT2D eigenvalue weighted by atomic mass is 16.5. The van der Waals surface area contributed by atoms with Crippen molar-refractivity contribution >= 4 is 18.0 Å². The van der Waals surface area contributed by atoms with Gasteiger partial charge in [0.2, 0.25) is 5.91 Å². The predicted octanol–water partition coefficient (Wildman–Crippen LogP) is 2.50. The number of rotatable bonds is 8. The topological polar surface area (TPSA) is 125 Å². The molecule has 0 spiro atoms. The van der Waals surface area contributed by atoms with Crippen molar-refractivity contribution in [3.8, 4) is 11.1 Å². The van der Waals surface area contributed by atoms with E-state index in [4.69, 9.17) is 9.84 Å². The first-order chi connectivity index (χ1) is 15.1. The lowest BCUT2D eigenvalue weighted by atomic mass is 9.98. The Labute approximate surface area is 186 Å². The summed E-state index contributed by atoms with van der Waals surface area (Å²) in [6.07, 6.45) is -0.745. The van der Waals surface area contributed by atoms with Gasteiger partial charge in [0, 0.05) is 5.92 Å². The highest BCUT2D eigenvalue weighted by molar-refractivity contribution is 5.87. The molecule has 0 saturated heterocycles. The van der Waals surface area contributed by atoms with Gasteiger partial charge in [-0.25, -0.2) is 9.59 Å². The number of carbonyl (C=O) groups is 3. The number of alkyl carbamates (subject to hydrolysis) is 1. The molecule has 0 bridgehead atoms. The lowest BCUT2D eigenvalue weighted by molar-refractivity contribution is -0.156. The number of fused-ring (bicyclic) bond motifs is 3. The van der Waals surface area contributed by atoms with E-state index in [1.807, 2.05) is 48.5 Å². The molecule has 32 heavy (non-hydrogen) atoms. The number of amides is 2. The van der Waals surface area contributed by atoms with Crippen molar-refractivity contribution in [1.29, 1.82) is 0 Å². The van der Waals surface area contributed by atoms with Crippen LogP contribution in [0.4, 0.5) is 4.79 Å². The van der Waals surface area contributed by atoms with E-state index in [0.29, 0.717) is 0 Å². The highest BCUT2D eigenvalue weighted by Crippen LogP contribution is 2.44. The van der Waals surface area contributed by atoms with Gasteiger partial charge >= 0.3 is 12.1 Å². The van der Waals surface area contributed by atoms with Crippen LogP contribution < -0.4 is 10.6 Å². The van der Waals surface area contributed by atoms with Gasteiger partial charge in [0.15, 0.2) is 5.60 Å². The largest absolute Gasteiger partial charge is 0.479 e. The molecule has 2 aromatic rings. The van der Waals surface area contributed by atoms with Gasteiger partial charge in [-0.1, -0.05) is 62.4 Å². The summed E-state index contributed by atoms with van der Waals surface area (Å²) in [5.41, 5.74) is 2.27. The summed E-state index contributed by atoms with van der Waals surface area (Å²) in [6.45, 7) is 4.18. The zero-order chi connectivity index (χ0) is 23.5. The lowest BCUT2D eigenvalue weighted by Gasteiger charge is -2.24. The molecule has 0 aromatic heterocycles. The van der Waals surface area contributed by atoms with Gasteiger partial charge in [0.1, 0.15) is 12.6 Å². The number of benzene rings is 2. The van der Waals surface area contributed by atoms with Crippen LogP contribution in [0.15, 0.2) is 48.5 Å². The summed E-state index contributed by atoms with van der Waals surface area (Å²) in [4.78, 5) is 36.0. The minimum Gasteiger partial charge on any atom is -0.479 e. The van der Waals surface area contributed by atoms with Crippen LogP contribution in [-0.4, -0.2) is 53.0 Å². The van der Waals surface area contributed by atoms with Crippen molar-refractivity contribution in [2.45, 2.75) is 38.3 Å². The molecule has 0 heterocycles. The van der Waals surface area contributed by atoms with Crippen LogP contribution in [0.3, 0.4) is 0 Å². The molecule has 3 rings (SSSR count). The molecule has 1 unspecified atom stereocenters. The maximum absolute atomic E-state index is 12.5. The second-order valence-corrected chi connectivity index (χ2v) is 8.49. The molecule has 0 saturated carbocycles. The smallest absolute Gasteiger partial charge is 0.407 e. The average Bonchev–Trinajstić information content (AvgIpc) is 3.08. The predicted molar refractivity (Wildman–Crippen MR) is 118 cm³/mol. The Hall–Kier alpha value is -3.39. The first kappa shape index (κ1) is 23.3. The van der Waals surface area contributed by atoms with Gasteiger partial charge in [-0.2, -0.15) is 0 Å². The van der Waals surface area contributed by atoms with Gasteiger partial charge in [0.25, 0.3) is 0 Å². The molecule has 8 nitrogen and oxygen atoms in total. The van der Waals surface area contributed by atoms with Crippen molar-refractivity contribution in [3.63, 3.8) is 0 Å². The van der Waals surface area contributed by atoms with Crippen LogP contribution in [0.2, 0.25) is 0 Å². The number of hydrogen-bond acceptors (Lipinski definition) is 5. The normalized spacial score (nSPS) is 15.3. The number of aliphatic hydroxyl groups is 1. The Kier molecular flexibility index (Phi) is 6.84. The summed E-state index contributed by atoms with van der Waals surface area (Å²) < 4.78 is 5.48. The third-order valence-electron chi connectivity index (χ3n) is 5.63. The summed E-state index contributed by atoms with van der Waals surface area (Å²) in [6, 6.07) is 15.0. The van der Waals surface area contributed by atoms with Crippen LogP contribution >= 0.6 is 0 Å². The quantitative estimate of drug-likeness (QED) is 0.500. The summed E-state index contributed by atoms with van der Waals surface area (Å²) in [7, 11) is 0. The number of aliphatic carboxylic acids is 1. The van der Waals surface area contributed by atoms with E-state index in [1.165, 1.54) is 0 Å². The molecule has 1 aliphatic carbocycles. The molecule has 1 aliphatic rings. The molecule has 0 radical (unpaired) electrons. The second-order valence-electron chi connectivity index (χ2n) is 8.49. The Morgan fingerprint density at radius 1 is 1.03 bits per heavy atom. The molecular weight excluding hydrogens is 412 g/mol. The van der Waals surface area contributed by atoms with E-state index in [-0.39, 0.29) is 18.4 Å². The molecule has 4 N–H and O–H groups in total. The first-order valence-electron chi connectivity index (χ1n) is 10.5. The van der Waals surface area contributed by atoms with Crippen molar-refractivity contribution in [1.82, 2.24) is 10.6 Å². The molecular formula is C24H28N2O6.